The monoisotopic (exact) mass is 336 g/mol. The van der Waals surface area contributed by atoms with E-state index in [1.807, 2.05) is 19.1 Å². The third kappa shape index (κ3) is 2.68. The first-order valence-corrected chi connectivity index (χ1v) is 7.51. The third-order valence-electron chi connectivity index (χ3n) is 3.54. The summed E-state index contributed by atoms with van der Waals surface area (Å²) in [6.45, 7) is 6.20. The molecule has 0 aliphatic rings. The van der Waals surface area contributed by atoms with Gasteiger partial charge in [-0.05, 0) is 30.2 Å². The van der Waals surface area contributed by atoms with Gasteiger partial charge in [-0.15, -0.1) is 0 Å². The standard InChI is InChI=1S/C15H17BrN2O2/c1-9(2)14(10(3)16)12-6-7-13-11(5-4-8-17-13)15(12)18(19)20/h4-10,14H,1-3H3. The molecule has 2 aromatic rings. The Hall–Kier alpha value is -1.49. The molecular formula is C15H17BrN2O2. The van der Waals surface area contributed by atoms with Gasteiger partial charge in [0, 0.05) is 22.5 Å². The minimum atomic E-state index is -0.288. The first-order valence-electron chi connectivity index (χ1n) is 6.59. The number of nitro groups is 1. The van der Waals surface area contributed by atoms with Crippen molar-refractivity contribution < 1.29 is 4.92 Å². The molecular weight excluding hydrogens is 320 g/mol. The normalized spacial score (nSPS) is 14.4. The molecule has 4 nitrogen and oxygen atoms in total. The van der Waals surface area contributed by atoms with Gasteiger partial charge >= 0.3 is 0 Å². The predicted molar refractivity (Wildman–Crippen MR) is 84.4 cm³/mol. The lowest BCUT2D eigenvalue weighted by molar-refractivity contribution is -0.384. The van der Waals surface area contributed by atoms with Gasteiger partial charge in [0.05, 0.1) is 15.8 Å². The molecule has 106 valence electrons. The van der Waals surface area contributed by atoms with Crippen molar-refractivity contribution in [1.29, 1.82) is 0 Å². The number of fused-ring (bicyclic) bond motifs is 1. The largest absolute Gasteiger partial charge is 0.282 e. The second-order valence-corrected chi connectivity index (χ2v) is 6.72. The summed E-state index contributed by atoms with van der Waals surface area (Å²) in [7, 11) is 0. The summed E-state index contributed by atoms with van der Waals surface area (Å²) in [5.74, 6) is 0.386. The Labute approximate surface area is 126 Å². The second kappa shape index (κ2) is 5.87. The molecule has 5 heteroatoms. The van der Waals surface area contributed by atoms with Crippen molar-refractivity contribution in [2.45, 2.75) is 31.5 Å². The first kappa shape index (κ1) is 14.9. The second-order valence-electron chi connectivity index (χ2n) is 5.28. The van der Waals surface area contributed by atoms with Gasteiger partial charge in [0.1, 0.15) is 0 Å². The van der Waals surface area contributed by atoms with Crippen LogP contribution in [0.2, 0.25) is 0 Å². The zero-order valence-electron chi connectivity index (χ0n) is 11.7. The Morgan fingerprint density at radius 3 is 2.50 bits per heavy atom. The summed E-state index contributed by atoms with van der Waals surface area (Å²) in [5, 5.41) is 12.2. The zero-order valence-corrected chi connectivity index (χ0v) is 13.3. The quantitative estimate of drug-likeness (QED) is 0.463. The van der Waals surface area contributed by atoms with Crippen molar-refractivity contribution in [3.05, 3.63) is 46.1 Å². The molecule has 1 aromatic heterocycles. The van der Waals surface area contributed by atoms with E-state index in [2.05, 4.69) is 34.8 Å². The van der Waals surface area contributed by atoms with E-state index in [1.54, 1.807) is 18.3 Å². The molecule has 2 atom stereocenters. The lowest BCUT2D eigenvalue weighted by Crippen LogP contribution is -2.17. The van der Waals surface area contributed by atoms with Crippen LogP contribution in [0.15, 0.2) is 30.5 Å². The van der Waals surface area contributed by atoms with E-state index in [0.717, 1.165) is 5.56 Å². The molecule has 2 unspecified atom stereocenters. The maximum Gasteiger partial charge on any atom is 0.282 e. The fraction of sp³-hybridized carbons (Fsp3) is 0.400. The van der Waals surface area contributed by atoms with E-state index < -0.39 is 0 Å². The van der Waals surface area contributed by atoms with Crippen molar-refractivity contribution in [3.8, 4) is 0 Å². The van der Waals surface area contributed by atoms with Crippen molar-refractivity contribution in [3.63, 3.8) is 0 Å². The van der Waals surface area contributed by atoms with Gasteiger partial charge in [0.25, 0.3) is 5.69 Å². The average molecular weight is 337 g/mol. The number of hydrogen-bond acceptors (Lipinski definition) is 3. The van der Waals surface area contributed by atoms with Gasteiger partial charge in [-0.1, -0.05) is 36.7 Å². The number of aromatic nitrogens is 1. The van der Waals surface area contributed by atoms with Crippen molar-refractivity contribution >= 4 is 32.5 Å². The highest BCUT2D eigenvalue weighted by Gasteiger charge is 2.29. The average Bonchev–Trinajstić information content (AvgIpc) is 2.37. The lowest BCUT2D eigenvalue weighted by Gasteiger charge is -2.24. The molecule has 0 amide bonds. The lowest BCUT2D eigenvalue weighted by atomic mass is 9.84. The van der Waals surface area contributed by atoms with Crippen molar-refractivity contribution in [1.82, 2.24) is 4.98 Å². The van der Waals surface area contributed by atoms with Crippen LogP contribution in [-0.4, -0.2) is 14.7 Å². The highest BCUT2D eigenvalue weighted by molar-refractivity contribution is 9.09. The summed E-state index contributed by atoms with van der Waals surface area (Å²) in [5.41, 5.74) is 1.61. The van der Waals surface area contributed by atoms with Crippen LogP contribution < -0.4 is 0 Å². The molecule has 0 N–H and O–H groups in total. The van der Waals surface area contributed by atoms with E-state index >= 15 is 0 Å². The van der Waals surface area contributed by atoms with Gasteiger partial charge in [-0.25, -0.2) is 0 Å². The number of benzene rings is 1. The topological polar surface area (TPSA) is 56.0 Å². The number of pyridine rings is 1. The maximum absolute atomic E-state index is 11.5. The molecule has 0 aliphatic heterocycles. The van der Waals surface area contributed by atoms with Crippen LogP contribution in [0, 0.1) is 16.0 Å². The molecule has 0 saturated heterocycles. The van der Waals surface area contributed by atoms with Gasteiger partial charge in [-0.2, -0.15) is 0 Å². The van der Waals surface area contributed by atoms with Crippen LogP contribution in [-0.2, 0) is 0 Å². The number of nitrogens with zero attached hydrogens (tertiary/aromatic N) is 2. The fourth-order valence-electron chi connectivity index (χ4n) is 2.76. The minimum absolute atomic E-state index is 0.0833. The van der Waals surface area contributed by atoms with Crippen molar-refractivity contribution in [2.75, 3.05) is 0 Å². The molecule has 2 rings (SSSR count). The van der Waals surface area contributed by atoms with Crippen LogP contribution in [0.5, 0.6) is 0 Å². The molecule has 0 aliphatic carbocycles. The summed E-state index contributed by atoms with van der Waals surface area (Å²) in [6.07, 6.45) is 1.65. The van der Waals surface area contributed by atoms with Crippen LogP contribution in [0.25, 0.3) is 10.9 Å². The minimum Gasteiger partial charge on any atom is -0.258 e. The number of hydrogen-bond donors (Lipinski definition) is 0. The molecule has 0 fully saturated rings. The highest BCUT2D eigenvalue weighted by atomic mass is 79.9. The fourth-order valence-corrected chi connectivity index (χ4v) is 3.66. The van der Waals surface area contributed by atoms with Gasteiger partial charge in [0.15, 0.2) is 0 Å². The van der Waals surface area contributed by atoms with Crippen LogP contribution >= 0.6 is 15.9 Å². The SMILES string of the molecule is CC(C)C(c1ccc2ncccc2c1[N+](=O)[O-])C(C)Br. The Balaban J connectivity index is 2.75. The molecule has 20 heavy (non-hydrogen) atoms. The molecule has 0 bridgehead atoms. The summed E-state index contributed by atoms with van der Waals surface area (Å²) in [4.78, 5) is 15.6. The number of halogens is 1. The van der Waals surface area contributed by atoms with E-state index in [4.69, 9.17) is 0 Å². The number of nitro benzene ring substituents is 1. The van der Waals surface area contributed by atoms with E-state index in [-0.39, 0.29) is 21.4 Å². The highest BCUT2D eigenvalue weighted by Crippen LogP contribution is 2.40. The van der Waals surface area contributed by atoms with Gasteiger partial charge in [-0.3, -0.25) is 15.1 Å². The number of rotatable bonds is 4. The van der Waals surface area contributed by atoms with E-state index in [1.165, 1.54) is 0 Å². The summed E-state index contributed by atoms with van der Waals surface area (Å²) < 4.78 is 0. The summed E-state index contributed by atoms with van der Waals surface area (Å²) >= 11 is 3.59. The van der Waals surface area contributed by atoms with Crippen LogP contribution in [0.1, 0.15) is 32.3 Å². The zero-order chi connectivity index (χ0) is 14.9. The Morgan fingerprint density at radius 1 is 1.25 bits per heavy atom. The molecule has 0 radical (unpaired) electrons. The Morgan fingerprint density at radius 2 is 1.95 bits per heavy atom. The van der Waals surface area contributed by atoms with Crippen molar-refractivity contribution in [2.24, 2.45) is 5.92 Å². The number of alkyl halides is 1. The van der Waals surface area contributed by atoms with Gasteiger partial charge < -0.3 is 0 Å². The van der Waals surface area contributed by atoms with E-state index in [9.17, 15) is 10.1 Å². The third-order valence-corrected chi connectivity index (χ3v) is 4.11. The molecule has 0 spiro atoms. The maximum atomic E-state index is 11.5. The van der Waals surface area contributed by atoms with Crippen LogP contribution in [0.4, 0.5) is 5.69 Å². The van der Waals surface area contributed by atoms with E-state index in [0.29, 0.717) is 16.8 Å². The molecule has 1 heterocycles. The first-order chi connectivity index (χ1) is 9.43. The molecule has 1 aromatic carbocycles. The predicted octanol–water partition coefficient (Wildman–Crippen LogP) is 4.67. The van der Waals surface area contributed by atoms with Crippen LogP contribution in [0.3, 0.4) is 0 Å². The smallest absolute Gasteiger partial charge is 0.258 e. The molecule has 0 saturated carbocycles. The Bertz CT molecular complexity index is 633. The van der Waals surface area contributed by atoms with Gasteiger partial charge in [0.2, 0.25) is 0 Å². The summed E-state index contributed by atoms with van der Waals surface area (Å²) in [6, 6.07) is 7.21. The Kier molecular flexibility index (Phi) is 4.38.